The predicted octanol–water partition coefficient (Wildman–Crippen LogP) is 1.13. The Morgan fingerprint density at radius 3 is 2.19 bits per heavy atom. The fraction of sp³-hybridized carbons (Fsp3) is 0.583. The summed E-state index contributed by atoms with van der Waals surface area (Å²) in [5.74, 6) is 0.381. The molecule has 0 saturated carbocycles. The van der Waals surface area contributed by atoms with Crippen molar-refractivity contribution in [2.45, 2.75) is 20.0 Å². The summed E-state index contributed by atoms with van der Waals surface area (Å²) in [5, 5.41) is 0. The Bertz CT molecular complexity index is 853. The minimum atomic E-state index is -0.199. The molecule has 4 rings (SSSR count). The van der Waals surface area contributed by atoms with Gasteiger partial charge in [0.25, 0.3) is 11.8 Å². The molecule has 1 aromatic carbocycles. The Hall–Kier alpha value is -2.42. The molecule has 3 aliphatic rings. The quantitative estimate of drug-likeness (QED) is 0.587. The van der Waals surface area contributed by atoms with Gasteiger partial charge in [0.15, 0.2) is 0 Å². The molecule has 8 nitrogen and oxygen atoms in total. The summed E-state index contributed by atoms with van der Waals surface area (Å²) >= 11 is 0. The van der Waals surface area contributed by atoms with E-state index in [-0.39, 0.29) is 17.9 Å². The Kier molecular flexibility index (Phi) is 7.13. The highest BCUT2D eigenvalue weighted by molar-refractivity contribution is 6.35. The number of imide groups is 1. The van der Waals surface area contributed by atoms with Crippen LogP contribution in [-0.2, 0) is 14.3 Å². The molecule has 3 aliphatic heterocycles. The van der Waals surface area contributed by atoms with Crippen LogP contribution in [0, 0.1) is 0 Å². The van der Waals surface area contributed by atoms with Crippen LogP contribution in [0.15, 0.2) is 30.0 Å². The normalized spacial score (nSPS) is 21.2. The van der Waals surface area contributed by atoms with Gasteiger partial charge in [-0.15, -0.1) is 0 Å². The standard InChI is InChI=1S/C24H34N4O4/c1-18(2)32-20-6-4-19(5-7-20)21-22(27-11-8-25(3)9-12-27)24(30)28(23(21)29)13-10-26-14-16-31-17-15-26/h4-7,18H,8-17H2,1-3H3. The van der Waals surface area contributed by atoms with Gasteiger partial charge in [-0.05, 0) is 38.6 Å². The number of hydrogen-bond donors (Lipinski definition) is 0. The molecule has 1 aromatic rings. The Morgan fingerprint density at radius 2 is 1.56 bits per heavy atom. The van der Waals surface area contributed by atoms with Crippen molar-refractivity contribution in [1.29, 1.82) is 0 Å². The summed E-state index contributed by atoms with van der Waals surface area (Å²) in [4.78, 5) is 35.0. The molecular weight excluding hydrogens is 408 g/mol. The lowest BCUT2D eigenvalue weighted by Crippen LogP contribution is -2.47. The highest BCUT2D eigenvalue weighted by Crippen LogP contribution is 2.33. The largest absolute Gasteiger partial charge is 0.491 e. The van der Waals surface area contributed by atoms with E-state index < -0.39 is 0 Å². The van der Waals surface area contributed by atoms with Crippen molar-refractivity contribution in [3.8, 4) is 5.75 Å². The van der Waals surface area contributed by atoms with Gasteiger partial charge in [-0.1, -0.05) is 12.1 Å². The fourth-order valence-corrected chi connectivity index (χ4v) is 4.39. The number of benzene rings is 1. The van der Waals surface area contributed by atoms with E-state index in [1.54, 1.807) is 0 Å². The van der Waals surface area contributed by atoms with E-state index in [4.69, 9.17) is 9.47 Å². The lowest BCUT2D eigenvalue weighted by atomic mass is 10.0. The molecule has 0 N–H and O–H groups in total. The van der Waals surface area contributed by atoms with Crippen molar-refractivity contribution in [2.24, 2.45) is 0 Å². The van der Waals surface area contributed by atoms with E-state index in [1.165, 1.54) is 4.90 Å². The van der Waals surface area contributed by atoms with Crippen LogP contribution in [-0.4, -0.2) is 110 Å². The van der Waals surface area contributed by atoms with Crippen molar-refractivity contribution < 1.29 is 19.1 Å². The molecule has 0 spiro atoms. The Balaban J connectivity index is 1.59. The van der Waals surface area contributed by atoms with E-state index in [1.807, 2.05) is 38.1 Å². The zero-order valence-electron chi connectivity index (χ0n) is 19.4. The zero-order valence-corrected chi connectivity index (χ0v) is 19.4. The highest BCUT2D eigenvalue weighted by Gasteiger charge is 2.42. The van der Waals surface area contributed by atoms with Crippen LogP contribution in [0.5, 0.6) is 5.75 Å². The summed E-state index contributed by atoms with van der Waals surface area (Å²) in [5.41, 5.74) is 1.82. The molecule has 0 aromatic heterocycles. The van der Waals surface area contributed by atoms with E-state index in [0.717, 1.165) is 50.6 Å². The van der Waals surface area contributed by atoms with Crippen molar-refractivity contribution >= 4 is 17.4 Å². The third-order valence-electron chi connectivity index (χ3n) is 6.22. The Labute approximate surface area is 190 Å². The molecule has 0 atom stereocenters. The van der Waals surface area contributed by atoms with Crippen molar-refractivity contribution in [3.05, 3.63) is 35.5 Å². The molecule has 0 aliphatic carbocycles. The molecule has 3 heterocycles. The summed E-state index contributed by atoms with van der Waals surface area (Å²) in [7, 11) is 2.08. The van der Waals surface area contributed by atoms with Gasteiger partial charge in [0.2, 0.25) is 0 Å². The van der Waals surface area contributed by atoms with Gasteiger partial charge in [-0.2, -0.15) is 0 Å². The van der Waals surface area contributed by atoms with Crippen molar-refractivity contribution in [1.82, 2.24) is 19.6 Å². The van der Waals surface area contributed by atoms with E-state index in [0.29, 0.717) is 37.6 Å². The second-order valence-electron chi connectivity index (χ2n) is 8.92. The molecule has 0 unspecified atom stereocenters. The van der Waals surface area contributed by atoms with Gasteiger partial charge >= 0.3 is 0 Å². The molecule has 174 valence electrons. The molecular formula is C24H34N4O4. The minimum Gasteiger partial charge on any atom is -0.491 e. The number of carbonyl (C=O) groups excluding carboxylic acids is 2. The van der Waals surface area contributed by atoms with Gasteiger partial charge in [-0.25, -0.2) is 0 Å². The first-order valence-corrected chi connectivity index (χ1v) is 11.5. The van der Waals surface area contributed by atoms with Crippen LogP contribution in [0.3, 0.4) is 0 Å². The highest BCUT2D eigenvalue weighted by atomic mass is 16.5. The topological polar surface area (TPSA) is 65.6 Å². The van der Waals surface area contributed by atoms with Crippen molar-refractivity contribution in [3.63, 3.8) is 0 Å². The molecule has 2 saturated heterocycles. The fourth-order valence-electron chi connectivity index (χ4n) is 4.39. The summed E-state index contributed by atoms with van der Waals surface area (Å²) in [6.45, 7) is 11.3. The second kappa shape index (κ2) is 10.0. The van der Waals surface area contributed by atoms with Crippen LogP contribution in [0.4, 0.5) is 0 Å². The maximum absolute atomic E-state index is 13.5. The number of ether oxygens (including phenoxy) is 2. The first kappa shape index (κ1) is 22.8. The summed E-state index contributed by atoms with van der Waals surface area (Å²) in [6, 6.07) is 7.52. The van der Waals surface area contributed by atoms with Gasteiger partial charge in [0.05, 0.1) is 24.9 Å². The summed E-state index contributed by atoms with van der Waals surface area (Å²) in [6.07, 6.45) is 0.0753. The van der Waals surface area contributed by atoms with Gasteiger partial charge in [0.1, 0.15) is 11.4 Å². The van der Waals surface area contributed by atoms with Gasteiger partial charge < -0.3 is 19.3 Å². The lowest BCUT2D eigenvalue weighted by molar-refractivity contribution is -0.138. The average Bonchev–Trinajstić information content (AvgIpc) is 3.03. The minimum absolute atomic E-state index is 0.0753. The van der Waals surface area contributed by atoms with Gasteiger partial charge in [0, 0.05) is 52.4 Å². The first-order chi connectivity index (χ1) is 15.4. The van der Waals surface area contributed by atoms with E-state index >= 15 is 0 Å². The van der Waals surface area contributed by atoms with Crippen LogP contribution in [0.2, 0.25) is 0 Å². The number of amides is 2. The first-order valence-electron chi connectivity index (χ1n) is 11.5. The van der Waals surface area contributed by atoms with E-state index in [9.17, 15) is 9.59 Å². The maximum atomic E-state index is 13.5. The molecule has 2 amide bonds. The molecule has 0 radical (unpaired) electrons. The number of carbonyl (C=O) groups is 2. The number of rotatable bonds is 7. The third kappa shape index (κ3) is 4.98. The molecule has 8 heteroatoms. The van der Waals surface area contributed by atoms with Crippen LogP contribution in [0.25, 0.3) is 5.57 Å². The molecule has 0 bridgehead atoms. The monoisotopic (exact) mass is 442 g/mol. The van der Waals surface area contributed by atoms with Crippen LogP contribution in [0.1, 0.15) is 19.4 Å². The zero-order chi connectivity index (χ0) is 22.7. The number of piperazine rings is 1. The van der Waals surface area contributed by atoms with Crippen molar-refractivity contribution in [2.75, 3.05) is 72.6 Å². The summed E-state index contributed by atoms with van der Waals surface area (Å²) < 4.78 is 11.2. The Morgan fingerprint density at radius 1 is 0.906 bits per heavy atom. The lowest BCUT2D eigenvalue weighted by Gasteiger charge is -2.34. The maximum Gasteiger partial charge on any atom is 0.277 e. The van der Waals surface area contributed by atoms with Gasteiger partial charge in [-0.3, -0.25) is 19.4 Å². The second-order valence-corrected chi connectivity index (χ2v) is 8.92. The number of hydrogen-bond acceptors (Lipinski definition) is 7. The number of likely N-dealkylation sites (N-methyl/N-ethyl adjacent to an activating group) is 1. The number of nitrogens with zero attached hydrogens (tertiary/aromatic N) is 4. The third-order valence-corrected chi connectivity index (χ3v) is 6.22. The van der Waals surface area contributed by atoms with Crippen LogP contribution >= 0.6 is 0 Å². The predicted molar refractivity (Wildman–Crippen MR) is 122 cm³/mol. The van der Waals surface area contributed by atoms with Crippen LogP contribution < -0.4 is 4.74 Å². The van der Waals surface area contributed by atoms with E-state index in [2.05, 4.69) is 21.7 Å². The molecule has 32 heavy (non-hydrogen) atoms. The average molecular weight is 443 g/mol. The smallest absolute Gasteiger partial charge is 0.277 e. The molecule has 2 fully saturated rings. The number of morpholine rings is 1. The SMILES string of the molecule is CC(C)Oc1ccc(C2=C(N3CCN(C)CC3)C(=O)N(CCN3CCOCC3)C2=O)cc1.